The van der Waals surface area contributed by atoms with Crippen LogP contribution in [-0.4, -0.2) is 53.1 Å². The summed E-state index contributed by atoms with van der Waals surface area (Å²) in [5.41, 5.74) is 2.20. The van der Waals surface area contributed by atoms with Crippen LogP contribution in [0.5, 0.6) is 0 Å². The smallest absolute Gasteiger partial charge is 0.338 e. The van der Waals surface area contributed by atoms with Crippen molar-refractivity contribution < 1.29 is 57.8 Å². The van der Waals surface area contributed by atoms with Crippen molar-refractivity contribution in [2.75, 3.05) is 26.4 Å². The van der Waals surface area contributed by atoms with Gasteiger partial charge in [-0.15, -0.1) is 0 Å². The van der Waals surface area contributed by atoms with Crippen molar-refractivity contribution in [3.63, 3.8) is 0 Å². The van der Waals surface area contributed by atoms with Gasteiger partial charge >= 0.3 is 11.9 Å². The first kappa shape index (κ1) is 26.3. The van der Waals surface area contributed by atoms with Crippen LogP contribution in [0.2, 0.25) is 0 Å². The fourth-order valence-electron chi connectivity index (χ4n) is 2.75. The van der Waals surface area contributed by atoms with E-state index in [0.29, 0.717) is 25.3 Å². The molecule has 2 rings (SSSR count). The van der Waals surface area contributed by atoms with Crippen LogP contribution in [0.4, 0.5) is 0 Å². The number of halogens is 1. The number of nitrogens with zero attached hydrogens (tertiary/aromatic N) is 2. The highest BCUT2D eigenvalue weighted by Crippen LogP contribution is 2.17. The Morgan fingerprint density at radius 3 is 2.36 bits per heavy atom. The zero-order valence-electron chi connectivity index (χ0n) is 16.8. The maximum absolute atomic E-state index is 12.0. The number of rotatable bonds is 7. The molecule has 1 aromatic heterocycles. The molecular formula is C19H29IN2O6. The summed E-state index contributed by atoms with van der Waals surface area (Å²) < 4.78 is 14.0. The molecule has 0 bridgehead atoms. The monoisotopic (exact) mass is 508 g/mol. The van der Waals surface area contributed by atoms with Gasteiger partial charge in [0.2, 0.25) is 0 Å². The number of esters is 2. The minimum Gasteiger partial charge on any atom is -1.00 e. The summed E-state index contributed by atoms with van der Waals surface area (Å²) in [5, 5.41) is 16.9. The average molecular weight is 508 g/mol. The fourth-order valence-corrected chi connectivity index (χ4v) is 2.75. The lowest BCUT2D eigenvalue weighted by Gasteiger charge is -2.03. The molecule has 0 radical (unpaired) electrons. The standard InChI is InChI=1S/C17H23N2O5.C2H6O.HI/c1-4-23-17(22)14-5-6-15-16(11-14)19(8-10-24-13(3)21)12(2)18(15)7-9-20;1-2-3;/h5-6,11,20H,4,7-10H2,1-3H3;3H,2H2,1H3;1H/q+1;;/p-1. The van der Waals surface area contributed by atoms with Crippen molar-refractivity contribution in [2.45, 2.75) is 40.8 Å². The summed E-state index contributed by atoms with van der Waals surface area (Å²) >= 11 is 0. The summed E-state index contributed by atoms with van der Waals surface area (Å²) in [4.78, 5) is 22.9. The molecule has 2 N–H and O–H groups in total. The van der Waals surface area contributed by atoms with Crippen molar-refractivity contribution in [1.29, 1.82) is 0 Å². The SMILES string of the molecule is CCO.CCOC(=O)c1ccc2c(c1)n(CCOC(C)=O)c(C)[n+]2CCO.[I-]. The van der Waals surface area contributed by atoms with Crippen LogP contribution >= 0.6 is 0 Å². The topological polar surface area (TPSA) is 102 Å². The third-order valence-electron chi connectivity index (χ3n) is 3.79. The number of hydrogen-bond donors (Lipinski definition) is 2. The number of imidazole rings is 1. The number of hydrogen-bond acceptors (Lipinski definition) is 6. The van der Waals surface area contributed by atoms with Crippen LogP contribution in [0.1, 0.15) is 37.0 Å². The van der Waals surface area contributed by atoms with Crippen molar-refractivity contribution in [3.8, 4) is 0 Å². The van der Waals surface area contributed by atoms with E-state index in [-0.39, 0.29) is 55.7 Å². The van der Waals surface area contributed by atoms with E-state index in [4.69, 9.17) is 14.6 Å². The fraction of sp³-hybridized carbons (Fsp3) is 0.526. The molecule has 0 aliphatic rings. The number of aromatic nitrogens is 2. The zero-order chi connectivity index (χ0) is 20.4. The van der Waals surface area contributed by atoms with E-state index in [9.17, 15) is 14.7 Å². The van der Waals surface area contributed by atoms with E-state index in [1.807, 2.05) is 22.1 Å². The number of aliphatic hydroxyl groups is 2. The minimum atomic E-state index is -0.376. The molecule has 8 nitrogen and oxygen atoms in total. The largest absolute Gasteiger partial charge is 1.00 e. The van der Waals surface area contributed by atoms with Gasteiger partial charge in [-0.1, -0.05) is 0 Å². The lowest BCUT2D eigenvalue weighted by Crippen LogP contribution is -3.00. The summed E-state index contributed by atoms with van der Waals surface area (Å²) in [6.45, 7) is 8.45. The molecular weight excluding hydrogens is 479 g/mol. The summed E-state index contributed by atoms with van der Waals surface area (Å²) in [6, 6.07) is 5.32. The molecule has 1 aromatic carbocycles. The molecule has 0 spiro atoms. The maximum Gasteiger partial charge on any atom is 0.338 e. The Bertz CT molecular complexity index is 775. The summed E-state index contributed by atoms with van der Waals surface area (Å²) in [6.07, 6.45) is 0. The minimum absolute atomic E-state index is 0. The van der Waals surface area contributed by atoms with Gasteiger partial charge in [-0.2, -0.15) is 0 Å². The predicted octanol–water partition coefficient (Wildman–Crippen LogP) is -2.03. The van der Waals surface area contributed by atoms with Crippen LogP contribution in [0, 0.1) is 6.92 Å². The first-order valence-corrected chi connectivity index (χ1v) is 8.96. The van der Waals surface area contributed by atoms with Gasteiger partial charge in [-0.25, -0.2) is 13.9 Å². The lowest BCUT2D eigenvalue weighted by atomic mass is 10.2. The Balaban J connectivity index is 0.00000171. The molecule has 2 aromatic rings. The van der Waals surface area contributed by atoms with Gasteiger partial charge in [0.25, 0.3) is 5.82 Å². The third kappa shape index (κ3) is 7.02. The summed E-state index contributed by atoms with van der Waals surface area (Å²) in [5.74, 6) is 0.199. The Morgan fingerprint density at radius 1 is 1.18 bits per heavy atom. The molecule has 0 saturated carbocycles. The van der Waals surface area contributed by atoms with Crippen LogP contribution in [-0.2, 0) is 27.4 Å². The highest BCUT2D eigenvalue weighted by Gasteiger charge is 2.23. The van der Waals surface area contributed by atoms with Gasteiger partial charge < -0.3 is 43.7 Å². The predicted molar refractivity (Wildman–Crippen MR) is 99.3 cm³/mol. The second-order valence-electron chi connectivity index (χ2n) is 5.65. The normalized spacial score (nSPS) is 9.93. The number of ether oxygens (including phenoxy) is 2. The van der Waals surface area contributed by atoms with Crippen LogP contribution in [0.25, 0.3) is 11.0 Å². The first-order chi connectivity index (χ1) is 12.9. The van der Waals surface area contributed by atoms with Crippen molar-refractivity contribution in [1.82, 2.24) is 4.57 Å². The van der Waals surface area contributed by atoms with E-state index < -0.39 is 0 Å². The molecule has 0 fully saturated rings. The highest BCUT2D eigenvalue weighted by atomic mass is 127. The average Bonchev–Trinajstić information content (AvgIpc) is 2.88. The molecule has 0 amide bonds. The Labute approximate surface area is 182 Å². The zero-order valence-corrected chi connectivity index (χ0v) is 18.9. The molecule has 1 heterocycles. The lowest BCUT2D eigenvalue weighted by molar-refractivity contribution is -0.679. The van der Waals surface area contributed by atoms with Gasteiger partial charge in [0, 0.05) is 26.5 Å². The van der Waals surface area contributed by atoms with Crippen molar-refractivity contribution >= 4 is 23.0 Å². The number of benzene rings is 1. The molecule has 9 heteroatoms. The van der Waals surface area contributed by atoms with E-state index in [0.717, 1.165) is 16.9 Å². The van der Waals surface area contributed by atoms with Gasteiger partial charge in [-0.3, -0.25) is 4.79 Å². The number of carbonyl (C=O) groups excluding carboxylic acids is 2. The van der Waals surface area contributed by atoms with Crippen molar-refractivity contribution in [3.05, 3.63) is 29.6 Å². The van der Waals surface area contributed by atoms with E-state index in [2.05, 4.69) is 0 Å². The molecule has 0 aliphatic heterocycles. The second kappa shape index (κ2) is 13.5. The molecule has 0 saturated heterocycles. The molecule has 158 valence electrons. The van der Waals surface area contributed by atoms with Crippen LogP contribution < -0.4 is 28.5 Å². The number of fused-ring (bicyclic) bond motifs is 1. The van der Waals surface area contributed by atoms with Gasteiger partial charge in [0.05, 0.1) is 18.8 Å². The molecule has 28 heavy (non-hydrogen) atoms. The van der Waals surface area contributed by atoms with E-state index in [1.165, 1.54) is 6.92 Å². The Morgan fingerprint density at radius 2 is 1.82 bits per heavy atom. The Kier molecular flexibility index (Phi) is 12.6. The number of aliphatic hydroxyl groups excluding tert-OH is 2. The molecule has 0 aliphatic carbocycles. The van der Waals surface area contributed by atoms with Gasteiger partial charge in [0.15, 0.2) is 11.0 Å². The van der Waals surface area contributed by atoms with E-state index in [1.54, 1.807) is 26.0 Å². The van der Waals surface area contributed by atoms with Gasteiger partial charge in [-0.05, 0) is 26.0 Å². The van der Waals surface area contributed by atoms with Gasteiger partial charge in [0.1, 0.15) is 19.7 Å². The third-order valence-corrected chi connectivity index (χ3v) is 3.79. The van der Waals surface area contributed by atoms with Crippen LogP contribution in [0.3, 0.4) is 0 Å². The Hall–Kier alpha value is -1.72. The summed E-state index contributed by atoms with van der Waals surface area (Å²) in [7, 11) is 0. The molecule has 0 atom stereocenters. The van der Waals surface area contributed by atoms with E-state index >= 15 is 0 Å². The highest BCUT2D eigenvalue weighted by molar-refractivity contribution is 5.93. The van der Waals surface area contributed by atoms with Crippen LogP contribution in [0.15, 0.2) is 18.2 Å². The number of carbonyl (C=O) groups is 2. The first-order valence-electron chi connectivity index (χ1n) is 8.96. The van der Waals surface area contributed by atoms with Crippen molar-refractivity contribution in [2.24, 2.45) is 0 Å². The quantitative estimate of drug-likeness (QED) is 0.254. The molecule has 0 unspecified atom stereocenters. The maximum atomic E-state index is 12.0. The second-order valence-corrected chi connectivity index (χ2v) is 5.65.